The molecule has 1 saturated carbocycles. The van der Waals surface area contributed by atoms with Crippen molar-refractivity contribution in [2.45, 2.75) is 77.5 Å². The Bertz CT molecular complexity index is 178. The van der Waals surface area contributed by atoms with Crippen LogP contribution >= 0.6 is 11.6 Å². The summed E-state index contributed by atoms with van der Waals surface area (Å²) in [6, 6.07) is 0. The van der Waals surface area contributed by atoms with Crippen molar-refractivity contribution in [3.63, 3.8) is 0 Å². The van der Waals surface area contributed by atoms with Crippen LogP contribution in [0.3, 0.4) is 0 Å². The van der Waals surface area contributed by atoms with Crippen LogP contribution in [0.2, 0.25) is 0 Å². The summed E-state index contributed by atoms with van der Waals surface area (Å²) in [5, 5.41) is 0.465. The molecule has 1 heteroatoms. The number of alkyl halides is 1. The first-order valence-electron chi connectivity index (χ1n) is 7.31. The van der Waals surface area contributed by atoms with Gasteiger partial charge in [0.05, 0.1) is 0 Å². The molecule has 4 atom stereocenters. The Labute approximate surface area is 107 Å². The van der Waals surface area contributed by atoms with Crippen LogP contribution in [0.25, 0.3) is 0 Å². The normalized spacial score (nSPS) is 32.6. The van der Waals surface area contributed by atoms with E-state index in [0.29, 0.717) is 5.38 Å². The van der Waals surface area contributed by atoms with E-state index in [1.165, 1.54) is 51.4 Å². The smallest absolute Gasteiger partial charge is 0.0364 e. The second-order valence-electron chi connectivity index (χ2n) is 5.85. The van der Waals surface area contributed by atoms with Crippen LogP contribution in [0.4, 0.5) is 0 Å². The van der Waals surface area contributed by atoms with Crippen molar-refractivity contribution in [1.29, 1.82) is 0 Å². The van der Waals surface area contributed by atoms with Crippen molar-refractivity contribution in [2.24, 2.45) is 17.8 Å². The highest BCUT2D eigenvalue weighted by atomic mass is 35.5. The molecule has 0 saturated heterocycles. The van der Waals surface area contributed by atoms with E-state index in [4.69, 9.17) is 11.6 Å². The zero-order valence-corrected chi connectivity index (χ0v) is 12.1. The minimum absolute atomic E-state index is 0.465. The van der Waals surface area contributed by atoms with Gasteiger partial charge in [-0.2, -0.15) is 0 Å². The third-order valence-corrected chi connectivity index (χ3v) is 4.91. The fourth-order valence-electron chi connectivity index (χ4n) is 3.12. The van der Waals surface area contributed by atoms with Crippen molar-refractivity contribution in [3.05, 3.63) is 0 Å². The predicted octanol–water partition coefficient (Wildman–Crippen LogP) is 5.64. The van der Waals surface area contributed by atoms with Crippen LogP contribution in [-0.4, -0.2) is 5.38 Å². The van der Waals surface area contributed by atoms with Gasteiger partial charge < -0.3 is 0 Å². The molecular formula is C15H29Cl. The Hall–Kier alpha value is 0.290. The summed E-state index contributed by atoms with van der Waals surface area (Å²) in [4.78, 5) is 0. The molecule has 16 heavy (non-hydrogen) atoms. The van der Waals surface area contributed by atoms with Gasteiger partial charge in [-0.15, -0.1) is 11.6 Å². The molecule has 0 spiro atoms. The molecule has 0 nitrogen and oxygen atoms in total. The van der Waals surface area contributed by atoms with E-state index in [-0.39, 0.29) is 0 Å². The molecule has 0 amide bonds. The molecule has 1 aliphatic rings. The highest BCUT2D eigenvalue weighted by Gasteiger charge is 2.28. The van der Waals surface area contributed by atoms with Gasteiger partial charge in [0.25, 0.3) is 0 Å². The zero-order chi connectivity index (χ0) is 12.0. The summed E-state index contributed by atoms with van der Waals surface area (Å²) < 4.78 is 0. The molecule has 1 fully saturated rings. The van der Waals surface area contributed by atoms with Gasteiger partial charge in [0.2, 0.25) is 0 Å². The van der Waals surface area contributed by atoms with Gasteiger partial charge in [0.1, 0.15) is 0 Å². The van der Waals surface area contributed by atoms with Gasteiger partial charge in [-0.25, -0.2) is 0 Å². The van der Waals surface area contributed by atoms with Gasteiger partial charge in [-0.3, -0.25) is 0 Å². The third kappa shape index (κ3) is 4.65. The molecule has 0 heterocycles. The number of hydrogen-bond acceptors (Lipinski definition) is 0. The number of halogens is 1. The van der Waals surface area contributed by atoms with E-state index < -0.39 is 0 Å². The number of hydrogen-bond donors (Lipinski definition) is 0. The van der Waals surface area contributed by atoms with Gasteiger partial charge >= 0.3 is 0 Å². The summed E-state index contributed by atoms with van der Waals surface area (Å²) in [6.07, 6.45) is 10.8. The lowest BCUT2D eigenvalue weighted by Gasteiger charge is -2.33. The molecule has 1 aliphatic carbocycles. The van der Waals surface area contributed by atoms with Crippen LogP contribution in [0, 0.1) is 17.8 Å². The molecule has 0 aromatic heterocycles. The van der Waals surface area contributed by atoms with Crippen LogP contribution in [0.1, 0.15) is 72.1 Å². The van der Waals surface area contributed by atoms with Crippen molar-refractivity contribution in [1.82, 2.24) is 0 Å². The molecule has 96 valence electrons. The summed E-state index contributed by atoms with van der Waals surface area (Å²) >= 11 is 6.48. The van der Waals surface area contributed by atoms with Crippen LogP contribution in [0.15, 0.2) is 0 Å². The molecule has 0 bridgehead atoms. The van der Waals surface area contributed by atoms with Crippen molar-refractivity contribution in [2.75, 3.05) is 0 Å². The standard InChI is InChI=1S/C15H29Cl/c1-4-6-7-13(5-2)11-14-10-12(3)8-9-15(14)16/h12-15H,4-11H2,1-3H3. The highest BCUT2D eigenvalue weighted by molar-refractivity contribution is 6.20. The van der Waals surface area contributed by atoms with E-state index in [1.807, 2.05) is 0 Å². The van der Waals surface area contributed by atoms with E-state index >= 15 is 0 Å². The first-order chi connectivity index (χ1) is 7.67. The van der Waals surface area contributed by atoms with E-state index in [2.05, 4.69) is 20.8 Å². The first-order valence-corrected chi connectivity index (χ1v) is 7.75. The maximum atomic E-state index is 6.48. The predicted molar refractivity (Wildman–Crippen MR) is 74.1 cm³/mol. The Kier molecular flexibility index (Phi) is 6.80. The highest BCUT2D eigenvalue weighted by Crippen LogP contribution is 2.37. The lowest BCUT2D eigenvalue weighted by molar-refractivity contribution is 0.233. The summed E-state index contributed by atoms with van der Waals surface area (Å²) in [5.74, 6) is 2.63. The summed E-state index contributed by atoms with van der Waals surface area (Å²) in [5.41, 5.74) is 0. The largest absolute Gasteiger partial charge is 0.123 e. The number of rotatable bonds is 6. The Morgan fingerprint density at radius 2 is 2.00 bits per heavy atom. The van der Waals surface area contributed by atoms with Gasteiger partial charge in [-0.1, -0.05) is 46.5 Å². The lowest BCUT2D eigenvalue weighted by Crippen LogP contribution is -2.26. The SMILES string of the molecule is CCCCC(CC)CC1CC(C)CCC1Cl. The second-order valence-corrected chi connectivity index (χ2v) is 6.41. The molecule has 1 rings (SSSR count). The van der Waals surface area contributed by atoms with E-state index in [0.717, 1.165) is 17.8 Å². The second kappa shape index (κ2) is 7.58. The summed E-state index contributed by atoms with van der Waals surface area (Å²) in [6.45, 7) is 7.03. The maximum Gasteiger partial charge on any atom is 0.0364 e. The maximum absolute atomic E-state index is 6.48. The fraction of sp³-hybridized carbons (Fsp3) is 1.00. The molecule has 0 aromatic carbocycles. The van der Waals surface area contributed by atoms with Crippen molar-refractivity contribution < 1.29 is 0 Å². The van der Waals surface area contributed by atoms with Crippen LogP contribution < -0.4 is 0 Å². The van der Waals surface area contributed by atoms with Gasteiger partial charge in [-0.05, 0) is 43.4 Å². The Balaban J connectivity index is 2.36. The summed E-state index contributed by atoms with van der Waals surface area (Å²) in [7, 11) is 0. The monoisotopic (exact) mass is 244 g/mol. The zero-order valence-electron chi connectivity index (χ0n) is 11.3. The average molecular weight is 245 g/mol. The minimum Gasteiger partial charge on any atom is -0.123 e. The van der Waals surface area contributed by atoms with Gasteiger partial charge in [0, 0.05) is 5.38 Å². The fourth-order valence-corrected chi connectivity index (χ4v) is 3.45. The topological polar surface area (TPSA) is 0 Å². The molecule has 0 radical (unpaired) electrons. The minimum atomic E-state index is 0.465. The molecule has 0 N–H and O–H groups in total. The van der Waals surface area contributed by atoms with Crippen LogP contribution in [0.5, 0.6) is 0 Å². The molecular weight excluding hydrogens is 216 g/mol. The van der Waals surface area contributed by atoms with Crippen molar-refractivity contribution >= 4 is 11.6 Å². The molecule has 0 aliphatic heterocycles. The van der Waals surface area contributed by atoms with Crippen molar-refractivity contribution in [3.8, 4) is 0 Å². The molecule has 0 aromatic rings. The lowest BCUT2D eigenvalue weighted by atomic mass is 9.76. The average Bonchev–Trinajstić information content (AvgIpc) is 2.28. The quantitative estimate of drug-likeness (QED) is 0.531. The van der Waals surface area contributed by atoms with Crippen LogP contribution in [-0.2, 0) is 0 Å². The van der Waals surface area contributed by atoms with E-state index in [9.17, 15) is 0 Å². The van der Waals surface area contributed by atoms with Gasteiger partial charge in [0.15, 0.2) is 0 Å². The Morgan fingerprint density at radius 1 is 1.25 bits per heavy atom. The Morgan fingerprint density at radius 3 is 2.62 bits per heavy atom. The first kappa shape index (κ1) is 14.4. The van der Waals surface area contributed by atoms with E-state index in [1.54, 1.807) is 0 Å². The third-order valence-electron chi connectivity index (χ3n) is 4.33. The molecule has 4 unspecified atom stereocenters. The number of unbranched alkanes of at least 4 members (excludes halogenated alkanes) is 1.